The molecule has 0 aliphatic carbocycles. The third-order valence-electron chi connectivity index (χ3n) is 2.26. The second kappa shape index (κ2) is 3.91. The van der Waals surface area contributed by atoms with E-state index in [4.69, 9.17) is 11.6 Å². The molecule has 0 fully saturated rings. The summed E-state index contributed by atoms with van der Waals surface area (Å²) in [5, 5.41) is 0.693. The lowest BCUT2D eigenvalue weighted by molar-refractivity contribution is 0.112. The number of aromatic amines is 1. The second-order valence-corrected chi connectivity index (χ2v) is 3.84. The highest BCUT2D eigenvalue weighted by Crippen LogP contribution is 2.25. The van der Waals surface area contributed by atoms with Crippen LogP contribution in [0.5, 0.6) is 0 Å². The fourth-order valence-electron chi connectivity index (χ4n) is 1.57. The van der Waals surface area contributed by atoms with E-state index in [9.17, 15) is 4.79 Å². The normalized spacial score (nSPS) is 10.3. The highest BCUT2D eigenvalue weighted by atomic mass is 35.5. The van der Waals surface area contributed by atoms with Gasteiger partial charge in [-0.3, -0.25) is 4.79 Å². The molecule has 15 heavy (non-hydrogen) atoms. The molecule has 0 unspecified atom stereocenters. The van der Waals surface area contributed by atoms with E-state index in [-0.39, 0.29) is 0 Å². The number of hydrogen-bond donors (Lipinski definition) is 1. The molecule has 1 aromatic carbocycles. The van der Waals surface area contributed by atoms with Crippen LogP contribution in [0.25, 0.3) is 11.1 Å². The number of carbonyl (C=O) groups excluding carboxylic acids is 1. The van der Waals surface area contributed by atoms with E-state index < -0.39 is 0 Å². The summed E-state index contributed by atoms with van der Waals surface area (Å²) in [6.45, 7) is 1.92. The topological polar surface area (TPSA) is 32.9 Å². The number of nitrogens with one attached hydrogen (secondary N) is 1. The first-order valence-corrected chi connectivity index (χ1v) is 4.99. The van der Waals surface area contributed by atoms with Gasteiger partial charge in [0.1, 0.15) is 0 Å². The second-order valence-electron chi connectivity index (χ2n) is 3.40. The number of hydrogen-bond acceptors (Lipinski definition) is 1. The maximum absolute atomic E-state index is 10.8. The van der Waals surface area contributed by atoms with Crippen LogP contribution in [0.3, 0.4) is 0 Å². The number of benzene rings is 1. The molecule has 0 aliphatic rings. The predicted octanol–water partition coefficient (Wildman–Crippen LogP) is 3.46. The molecule has 2 aromatic rings. The van der Waals surface area contributed by atoms with Crippen LogP contribution >= 0.6 is 11.6 Å². The summed E-state index contributed by atoms with van der Waals surface area (Å²) >= 11 is 5.80. The van der Waals surface area contributed by atoms with Crippen LogP contribution in [0.15, 0.2) is 30.3 Å². The first kappa shape index (κ1) is 9.99. The molecular formula is C12H10ClNO. The van der Waals surface area contributed by atoms with Gasteiger partial charge in [0.05, 0.1) is 5.69 Å². The molecule has 2 nitrogen and oxygen atoms in total. The minimum atomic E-state index is 0.606. The van der Waals surface area contributed by atoms with Gasteiger partial charge < -0.3 is 4.98 Å². The van der Waals surface area contributed by atoms with Gasteiger partial charge in [-0.15, -0.1) is 0 Å². The molecule has 0 atom stereocenters. The molecule has 0 radical (unpaired) electrons. The smallest absolute Gasteiger partial charge is 0.166 e. The molecule has 2 rings (SSSR count). The standard InChI is InChI=1S/C12H10ClNO/c1-8-6-11(12(7-15)14-8)9-2-4-10(13)5-3-9/h2-7,14H,1H3. The molecule has 1 heterocycles. The van der Waals surface area contributed by atoms with Crippen molar-refractivity contribution < 1.29 is 4.79 Å². The monoisotopic (exact) mass is 219 g/mol. The Kier molecular flexibility index (Phi) is 2.60. The summed E-state index contributed by atoms with van der Waals surface area (Å²) in [7, 11) is 0. The SMILES string of the molecule is Cc1cc(-c2ccc(Cl)cc2)c(C=O)[nH]1. The number of rotatable bonds is 2. The molecule has 0 saturated carbocycles. The molecule has 0 bridgehead atoms. The summed E-state index contributed by atoms with van der Waals surface area (Å²) in [6.07, 6.45) is 0.830. The van der Waals surface area contributed by atoms with Crippen molar-refractivity contribution in [2.24, 2.45) is 0 Å². The van der Waals surface area contributed by atoms with Crippen molar-refractivity contribution in [3.8, 4) is 11.1 Å². The van der Waals surface area contributed by atoms with Gasteiger partial charge in [-0.25, -0.2) is 0 Å². The lowest BCUT2D eigenvalue weighted by atomic mass is 10.1. The maximum atomic E-state index is 10.8. The zero-order valence-electron chi connectivity index (χ0n) is 8.25. The maximum Gasteiger partial charge on any atom is 0.166 e. The van der Waals surface area contributed by atoms with Crippen LogP contribution in [0.4, 0.5) is 0 Å². The highest BCUT2D eigenvalue weighted by molar-refractivity contribution is 6.30. The molecule has 76 valence electrons. The van der Waals surface area contributed by atoms with Crippen molar-refractivity contribution >= 4 is 17.9 Å². The van der Waals surface area contributed by atoms with Gasteiger partial charge in [0, 0.05) is 16.3 Å². The first-order valence-electron chi connectivity index (χ1n) is 4.61. The van der Waals surface area contributed by atoms with Gasteiger partial charge in [-0.1, -0.05) is 23.7 Å². The van der Waals surface area contributed by atoms with Gasteiger partial charge >= 0.3 is 0 Å². The summed E-state index contributed by atoms with van der Waals surface area (Å²) in [4.78, 5) is 13.8. The van der Waals surface area contributed by atoms with E-state index in [1.807, 2.05) is 37.3 Å². The summed E-state index contributed by atoms with van der Waals surface area (Å²) < 4.78 is 0. The molecule has 0 aliphatic heterocycles. The summed E-state index contributed by atoms with van der Waals surface area (Å²) in [5.41, 5.74) is 3.49. The Hall–Kier alpha value is -1.54. The van der Waals surface area contributed by atoms with Crippen molar-refractivity contribution in [2.45, 2.75) is 6.92 Å². The van der Waals surface area contributed by atoms with Gasteiger partial charge in [0.25, 0.3) is 0 Å². The number of aldehydes is 1. The molecule has 1 N–H and O–H groups in total. The van der Waals surface area contributed by atoms with E-state index in [0.29, 0.717) is 10.7 Å². The van der Waals surface area contributed by atoms with Crippen molar-refractivity contribution in [1.82, 2.24) is 4.98 Å². The summed E-state index contributed by atoms with van der Waals surface area (Å²) in [6, 6.07) is 9.38. The minimum Gasteiger partial charge on any atom is -0.356 e. The Bertz CT molecular complexity index is 485. The van der Waals surface area contributed by atoms with Crippen molar-refractivity contribution in [3.63, 3.8) is 0 Å². The highest BCUT2D eigenvalue weighted by Gasteiger charge is 2.07. The van der Waals surface area contributed by atoms with E-state index in [1.165, 1.54) is 0 Å². The predicted molar refractivity (Wildman–Crippen MR) is 61.4 cm³/mol. The minimum absolute atomic E-state index is 0.606. The van der Waals surface area contributed by atoms with Gasteiger partial charge in [-0.2, -0.15) is 0 Å². The number of carbonyl (C=O) groups is 1. The zero-order valence-corrected chi connectivity index (χ0v) is 9.01. The molecule has 3 heteroatoms. The zero-order chi connectivity index (χ0) is 10.8. The van der Waals surface area contributed by atoms with Crippen LogP contribution in [-0.2, 0) is 0 Å². The Morgan fingerprint density at radius 3 is 2.53 bits per heavy atom. The van der Waals surface area contributed by atoms with Crippen molar-refractivity contribution in [2.75, 3.05) is 0 Å². The molecule has 0 spiro atoms. The van der Waals surface area contributed by atoms with Crippen LogP contribution in [0, 0.1) is 6.92 Å². The van der Waals surface area contributed by atoms with Crippen LogP contribution in [-0.4, -0.2) is 11.3 Å². The average molecular weight is 220 g/mol. The van der Waals surface area contributed by atoms with Gasteiger partial charge in [0.15, 0.2) is 6.29 Å². The number of aromatic nitrogens is 1. The molecular weight excluding hydrogens is 210 g/mol. The van der Waals surface area contributed by atoms with Crippen molar-refractivity contribution in [1.29, 1.82) is 0 Å². The van der Waals surface area contributed by atoms with E-state index in [1.54, 1.807) is 0 Å². The van der Waals surface area contributed by atoms with Crippen LogP contribution < -0.4 is 0 Å². The van der Waals surface area contributed by atoms with E-state index in [2.05, 4.69) is 4.98 Å². The number of H-pyrrole nitrogens is 1. The third-order valence-corrected chi connectivity index (χ3v) is 2.51. The Morgan fingerprint density at radius 1 is 1.27 bits per heavy atom. The third kappa shape index (κ3) is 1.95. The quantitative estimate of drug-likeness (QED) is 0.771. The Balaban J connectivity index is 2.52. The largest absolute Gasteiger partial charge is 0.356 e. The number of halogens is 1. The van der Waals surface area contributed by atoms with E-state index >= 15 is 0 Å². The van der Waals surface area contributed by atoms with Crippen LogP contribution in [0.2, 0.25) is 5.02 Å². The van der Waals surface area contributed by atoms with Gasteiger partial charge in [0.2, 0.25) is 0 Å². The first-order chi connectivity index (χ1) is 7.20. The fraction of sp³-hybridized carbons (Fsp3) is 0.0833. The molecule has 1 aromatic heterocycles. The number of aryl methyl sites for hydroxylation is 1. The lowest BCUT2D eigenvalue weighted by Crippen LogP contribution is -1.83. The average Bonchev–Trinajstić information content (AvgIpc) is 2.61. The fourth-order valence-corrected chi connectivity index (χ4v) is 1.70. The van der Waals surface area contributed by atoms with Gasteiger partial charge in [-0.05, 0) is 30.7 Å². The summed E-state index contributed by atoms with van der Waals surface area (Å²) in [5.74, 6) is 0. The Morgan fingerprint density at radius 2 is 1.93 bits per heavy atom. The Labute approximate surface area is 92.9 Å². The molecule has 0 saturated heterocycles. The van der Waals surface area contributed by atoms with Crippen LogP contribution in [0.1, 0.15) is 16.2 Å². The lowest BCUT2D eigenvalue weighted by Gasteiger charge is -1.98. The molecule has 0 amide bonds. The van der Waals surface area contributed by atoms with Crippen molar-refractivity contribution in [3.05, 3.63) is 46.7 Å². The van der Waals surface area contributed by atoms with E-state index in [0.717, 1.165) is 23.1 Å².